The van der Waals surface area contributed by atoms with Crippen molar-refractivity contribution in [1.29, 1.82) is 0 Å². The van der Waals surface area contributed by atoms with Gasteiger partial charge in [0.2, 0.25) is 5.91 Å². The fourth-order valence-corrected chi connectivity index (χ4v) is 1.73. The van der Waals surface area contributed by atoms with Crippen molar-refractivity contribution in [3.05, 3.63) is 46.5 Å². The van der Waals surface area contributed by atoms with Gasteiger partial charge in [0.05, 0.1) is 12.7 Å². The molecule has 0 aliphatic carbocycles. The molecule has 0 aliphatic rings. The Morgan fingerprint density at radius 3 is 3.00 bits per heavy atom. The van der Waals surface area contributed by atoms with Gasteiger partial charge in [0, 0.05) is 22.1 Å². The van der Waals surface area contributed by atoms with Crippen LogP contribution >= 0.6 is 15.9 Å². The predicted molar refractivity (Wildman–Crippen MR) is 69.8 cm³/mol. The molecule has 2 rings (SSSR count). The number of H-pyrrole nitrogens is 1. The van der Waals surface area contributed by atoms with Crippen LogP contribution in [0.3, 0.4) is 0 Å². The van der Waals surface area contributed by atoms with Gasteiger partial charge >= 0.3 is 0 Å². The normalized spacial score (nSPS) is 10.2. The molecule has 2 aromatic rings. The van der Waals surface area contributed by atoms with Crippen LogP contribution in [0.15, 0.2) is 35.2 Å². The molecule has 0 saturated carbocycles. The van der Waals surface area contributed by atoms with E-state index in [2.05, 4.69) is 31.2 Å². The lowest BCUT2D eigenvalue weighted by Gasteiger charge is -2.06. The third-order valence-corrected chi connectivity index (χ3v) is 3.24. The molecule has 88 valence electrons. The van der Waals surface area contributed by atoms with Crippen LogP contribution < -0.4 is 5.32 Å². The summed E-state index contributed by atoms with van der Waals surface area (Å²) in [6.07, 6.45) is 3.51. The van der Waals surface area contributed by atoms with Crippen molar-refractivity contribution in [3.8, 4) is 0 Å². The van der Waals surface area contributed by atoms with E-state index < -0.39 is 0 Å². The van der Waals surface area contributed by atoms with Crippen LogP contribution in [0.2, 0.25) is 0 Å². The second-order valence-electron chi connectivity index (χ2n) is 3.77. The highest BCUT2D eigenvalue weighted by Crippen LogP contribution is 2.20. The van der Waals surface area contributed by atoms with Crippen molar-refractivity contribution in [1.82, 2.24) is 9.97 Å². The Labute approximate surface area is 108 Å². The summed E-state index contributed by atoms with van der Waals surface area (Å²) in [5.74, 6) is -0.0593. The molecule has 0 unspecified atom stereocenters. The fraction of sp³-hybridized carbons (Fsp3) is 0.167. The number of anilines is 1. The maximum absolute atomic E-state index is 11.7. The molecule has 0 saturated heterocycles. The van der Waals surface area contributed by atoms with E-state index in [1.54, 1.807) is 12.5 Å². The zero-order chi connectivity index (χ0) is 12.3. The van der Waals surface area contributed by atoms with E-state index in [9.17, 15) is 4.79 Å². The summed E-state index contributed by atoms with van der Waals surface area (Å²) >= 11 is 3.42. The van der Waals surface area contributed by atoms with E-state index in [1.165, 1.54) is 0 Å². The Hall–Kier alpha value is -1.62. The number of aromatic nitrogens is 2. The second-order valence-corrected chi connectivity index (χ2v) is 4.62. The summed E-state index contributed by atoms with van der Waals surface area (Å²) in [5, 5.41) is 2.84. The number of rotatable bonds is 3. The molecular formula is C12H12BrN3O. The van der Waals surface area contributed by atoms with E-state index in [0.29, 0.717) is 6.42 Å². The number of carbonyl (C=O) groups excluding carboxylic acids is 1. The first-order chi connectivity index (χ1) is 8.15. The van der Waals surface area contributed by atoms with Gasteiger partial charge in [0.25, 0.3) is 0 Å². The van der Waals surface area contributed by atoms with Crippen LogP contribution in [-0.4, -0.2) is 15.9 Å². The van der Waals surface area contributed by atoms with Crippen LogP contribution in [0.5, 0.6) is 0 Å². The molecule has 0 fully saturated rings. The molecule has 1 aromatic heterocycles. The van der Waals surface area contributed by atoms with Crippen LogP contribution in [0.4, 0.5) is 5.69 Å². The van der Waals surface area contributed by atoms with E-state index >= 15 is 0 Å². The third kappa shape index (κ3) is 3.17. The molecular weight excluding hydrogens is 282 g/mol. The number of nitrogens with zero attached hydrogens (tertiary/aromatic N) is 1. The fourth-order valence-electron chi connectivity index (χ4n) is 1.48. The summed E-state index contributed by atoms with van der Waals surface area (Å²) in [4.78, 5) is 18.5. The van der Waals surface area contributed by atoms with E-state index in [1.807, 2.05) is 25.1 Å². The molecule has 1 aromatic carbocycles. The summed E-state index contributed by atoms with van der Waals surface area (Å²) in [7, 11) is 0. The zero-order valence-corrected chi connectivity index (χ0v) is 10.9. The first-order valence-electron chi connectivity index (χ1n) is 5.18. The molecule has 0 aliphatic heterocycles. The van der Waals surface area contributed by atoms with Gasteiger partial charge in [-0.25, -0.2) is 4.98 Å². The number of imidazole rings is 1. The average molecular weight is 294 g/mol. The number of carbonyl (C=O) groups is 1. The second kappa shape index (κ2) is 5.14. The number of nitrogens with one attached hydrogen (secondary N) is 2. The molecule has 17 heavy (non-hydrogen) atoms. The van der Waals surface area contributed by atoms with E-state index in [-0.39, 0.29) is 5.91 Å². The van der Waals surface area contributed by atoms with Gasteiger partial charge in [-0.1, -0.05) is 15.9 Å². The van der Waals surface area contributed by atoms with Crippen molar-refractivity contribution in [2.24, 2.45) is 0 Å². The Balaban J connectivity index is 2.00. The molecule has 0 atom stereocenters. The van der Waals surface area contributed by atoms with E-state index in [4.69, 9.17) is 0 Å². The lowest BCUT2D eigenvalue weighted by Crippen LogP contribution is -2.14. The van der Waals surface area contributed by atoms with Crippen molar-refractivity contribution in [2.75, 3.05) is 5.32 Å². The lowest BCUT2D eigenvalue weighted by molar-refractivity contribution is -0.115. The molecule has 1 amide bonds. The maximum Gasteiger partial charge on any atom is 0.230 e. The predicted octanol–water partition coefficient (Wildman–Crippen LogP) is 2.66. The number of aromatic amines is 1. The quantitative estimate of drug-likeness (QED) is 0.914. The minimum Gasteiger partial charge on any atom is -0.348 e. The van der Waals surface area contributed by atoms with Gasteiger partial charge in [-0.2, -0.15) is 0 Å². The molecule has 5 heteroatoms. The molecule has 1 heterocycles. The Morgan fingerprint density at radius 1 is 1.53 bits per heavy atom. The molecule has 2 N–H and O–H groups in total. The standard InChI is InChI=1S/C12H12BrN3O/c1-8-4-9(2-3-11(8)13)16-12(17)5-10-6-14-7-15-10/h2-4,6-7H,5H2,1H3,(H,14,15)(H,16,17). The molecule has 0 bridgehead atoms. The van der Waals surface area contributed by atoms with Crippen molar-refractivity contribution < 1.29 is 4.79 Å². The summed E-state index contributed by atoms with van der Waals surface area (Å²) in [6.45, 7) is 1.98. The summed E-state index contributed by atoms with van der Waals surface area (Å²) < 4.78 is 1.03. The lowest BCUT2D eigenvalue weighted by atomic mass is 10.2. The van der Waals surface area contributed by atoms with Crippen LogP contribution in [0.1, 0.15) is 11.3 Å². The first-order valence-corrected chi connectivity index (χ1v) is 5.97. The van der Waals surface area contributed by atoms with Gasteiger partial charge in [-0.05, 0) is 30.7 Å². The van der Waals surface area contributed by atoms with Crippen molar-refractivity contribution in [3.63, 3.8) is 0 Å². The maximum atomic E-state index is 11.7. The minimum absolute atomic E-state index is 0.0593. The van der Waals surface area contributed by atoms with E-state index in [0.717, 1.165) is 21.4 Å². The SMILES string of the molecule is Cc1cc(NC(=O)Cc2cnc[nH]2)ccc1Br. The Kier molecular flexibility index (Phi) is 3.58. The largest absolute Gasteiger partial charge is 0.348 e. The minimum atomic E-state index is -0.0593. The Bertz CT molecular complexity index is 523. The van der Waals surface area contributed by atoms with Crippen LogP contribution in [-0.2, 0) is 11.2 Å². The average Bonchev–Trinajstić information content (AvgIpc) is 2.76. The van der Waals surface area contributed by atoms with Gasteiger partial charge < -0.3 is 10.3 Å². The number of hydrogen-bond acceptors (Lipinski definition) is 2. The Morgan fingerprint density at radius 2 is 2.35 bits per heavy atom. The highest BCUT2D eigenvalue weighted by atomic mass is 79.9. The number of aryl methyl sites for hydroxylation is 1. The number of hydrogen-bond donors (Lipinski definition) is 2. The smallest absolute Gasteiger partial charge is 0.230 e. The van der Waals surface area contributed by atoms with Crippen LogP contribution in [0.25, 0.3) is 0 Å². The van der Waals surface area contributed by atoms with Gasteiger partial charge in [-0.3, -0.25) is 4.79 Å². The molecule has 0 radical (unpaired) electrons. The summed E-state index contributed by atoms with van der Waals surface area (Å²) in [5.41, 5.74) is 2.69. The van der Waals surface area contributed by atoms with Crippen molar-refractivity contribution in [2.45, 2.75) is 13.3 Å². The van der Waals surface area contributed by atoms with Gasteiger partial charge in [0.15, 0.2) is 0 Å². The summed E-state index contributed by atoms with van der Waals surface area (Å²) in [6, 6.07) is 5.71. The van der Waals surface area contributed by atoms with Gasteiger partial charge in [0.1, 0.15) is 0 Å². The number of benzene rings is 1. The highest BCUT2D eigenvalue weighted by molar-refractivity contribution is 9.10. The van der Waals surface area contributed by atoms with Crippen LogP contribution in [0, 0.1) is 6.92 Å². The highest BCUT2D eigenvalue weighted by Gasteiger charge is 2.05. The zero-order valence-electron chi connectivity index (χ0n) is 9.33. The third-order valence-electron chi connectivity index (χ3n) is 2.35. The number of halogens is 1. The molecule has 0 spiro atoms. The van der Waals surface area contributed by atoms with Gasteiger partial charge in [-0.15, -0.1) is 0 Å². The first kappa shape index (κ1) is 11.9. The monoisotopic (exact) mass is 293 g/mol. The molecule has 4 nitrogen and oxygen atoms in total. The van der Waals surface area contributed by atoms with Crippen molar-refractivity contribution >= 4 is 27.5 Å². The number of amides is 1. The topological polar surface area (TPSA) is 57.8 Å².